The third-order valence-electron chi connectivity index (χ3n) is 4.43. The van der Waals surface area contributed by atoms with Crippen LogP contribution in [0, 0.1) is 23.2 Å². The second-order valence-corrected chi connectivity index (χ2v) is 5.52. The Morgan fingerprint density at radius 3 is 2.47 bits per heavy atom. The first-order valence-corrected chi connectivity index (χ1v) is 6.16. The molecule has 2 saturated carbocycles. The van der Waals surface area contributed by atoms with Crippen LogP contribution in [0.25, 0.3) is 0 Å². The van der Waals surface area contributed by atoms with Gasteiger partial charge in [-0.3, -0.25) is 9.59 Å². The fourth-order valence-corrected chi connectivity index (χ4v) is 3.51. The number of hydrogen-bond donors (Lipinski definition) is 0. The summed E-state index contributed by atoms with van der Waals surface area (Å²) in [5.41, 5.74) is -0.149. The number of rotatable bonds is 3. The van der Waals surface area contributed by atoms with Crippen LogP contribution in [0.2, 0.25) is 0 Å². The van der Waals surface area contributed by atoms with Crippen molar-refractivity contribution < 1.29 is 19.1 Å². The zero-order chi connectivity index (χ0) is 12.8. The summed E-state index contributed by atoms with van der Waals surface area (Å²) < 4.78 is 4.70. The van der Waals surface area contributed by atoms with Gasteiger partial charge in [-0.05, 0) is 31.1 Å². The van der Waals surface area contributed by atoms with Crippen molar-refractivity contribution in [2.75, 3.05) is 6.61 Å². The SMILES string of the molecule is CCOC(=O)C(=O)C1C(=O)C2CCC1C2(C)C. The molecule has 0 N–H and O–H groups in total. The third-order valence-corrected chi connectivity index (χ3v) is 4.43. The van der Waals surface area contributed by atoms with E-state index in [1.807, 2.05) is 13.8 Å². The van der Waals surface area contributed by atoms with Crippen LogP contribution < -0.4 is 0 Å². The smallest absolute Gasteiger partial charge is 0.375 e. The zero-order valence-electron chi connectivity index (χ0n) is 10.5. The molecule has 0 spiro atoms. The van der Waals surface area contributed by atoms with Crippen molar-refractivity contribution in [3.63, 3.8) is 0 Å². The first kappa shape index (κ1) is 12.3. The van der Waals surface area contributed by atoms with E-state index >= 15 is 0 Å². The molecule has 2 fully saturated rings. The van der Waals surface area contributed by atoms with Crippen LogP contribution in [-0.2, 0) is 19.1 Å². The number of fused-ring (bicyclic) bond motifs is 2. The normalized spacial score (nSPS) is 33.8. The molecule has 2 aliphatic rings. The second-order valence-electron chi connectivity index (χ2n) is 5.52. The number of ketones is 2. The number of carbonyl (C=O) groups is 3. The monoisotopic (exact) mass is 238 g/mol. The van der Waals surface area contributed by atoms with E-state index in [0.717, 1.165) is 12.8 Å². The molecule has 4 nitrogen and oxygen atoms in total. The fraction of sp³-hybridized carbons (Fsp3) is 0.769. The van der Waals surface area contributed by atoms with Crippen molar-refractivity contribution >= 4 is 17.5 Å². The summed E-state index contributed by atoms with van der Waals surface area (Å²) in [6, 6.07) is 0. The summed E-state index contributed by atoms with van der Waals surface area (Å²) in [6.45, 7) is 5.86. The Kier molecular flexibility index (Phi) is 2.84. The maximum absolute atomic E-state index is 12.1. The average Bonchev–Trinajstić information content (AvgIpc) is 2.64. The third kappa shape index (κ3) is 1.61. The van der Waals surface area contributed by atoms with Crippen molar-refractivity contribution in [3.05, 3.63) is 0 Å². The highest BCUT2D eigenvalue weighted by Crippen LogP contribution is 2.58. The van der Waals surface area contributed by atoms with Gasteiger partial charge in [0, 0.05) is 5.92 Å². The number of carbonyl (C=O) groups excluding carboxylic acids is 3. The molecular formula is C13H18O4. The minimum absolute atomic E-state index is 0.0110. The van der Waals surface area contributed by atoms with E-state index in [9.17, 15) is 14.4 Å². The summed E-state index contributed by atoms with van der Waals surface area (Å²) >= 11 is 0. The van der Waals surface area contributed by atoms with Gasteiger partial charge in [0.15, 0.2) is 0 Å². The molecular weight excluding hydrogens is 220 g/mol. The van der Waals surface area contributed by atoms with Gasteiger partial charge in [-0.2, -0.15) is 0 Å². The van der Waals surface area contributed by atoms with Crippen molar-refractivity contribution in [2.45, 2.75) is 33.6 Å². The number of hydrogen-bond acceptors (Lipinski definition) is 4. The van der Waals surface area contributed by atoms with Gasteiger partial charge in [0.25, 0.3) is 5.78 Å². The van der Waals surface area contributed by atoms with E-state index < -0.39 is 17.7 Å². The first-order valence-electron chi connectivity index (χ1n) is 6.16. The molecule has 0 radical (unpaired) electrons. The van der Waals surface area contributed by atoms with Gasteiger partial charge in [-0.25, -0.2) is 4.79 Å². The van der Waals surface area contributed by atoms with Gasteiger partial charge in [0.1, 0.15) is 5.78 Å². The van der Waals surface area contributed by atoms with Crippen LogP contribution in [0.4, 0.5) is 0 Å². The Balaban J connectivity index is 2.22. The van der Waals surface area contributed by atoms with Crippen LogP contribution in [0.15, 0.2) is 0 Å². The summed E-state index contributed by atoms with van der Waals surface area (Å²) in [6.07, 6.45) is 1.71. The summed E-state index contributed by atoms with van der Waals surface area (Å²) in [7, 11) is 0. The molecule has 0 heterocycles. The standard InChI is InChI=1S/C13H18O4/c1-4-17-12(16)11(15)9-7-5-6-8(10(9)14)13(7,2)3/h7-9H,4-6H2,1-3H3. The lowest BCUT2D eigenvalue weighted by Crippen LogP contribution is -2.35. The van der Waals surface area contributed by atoms with Crippen LogP contribution in [0.1, 0.15) is 33.6 Å². The van der Waals surface area contributed by atoms with E-state index in [-0.39, 0.29) is 29.6 Å². The van der Waals surface area contributed by atoms with Gasteiger partial charge in [0.2, 0.25) is 0 Å². The molecule has 94 valence electrons. The van der Waals surface area contributed by atoms with E-state index in [1.54, 1.807) is 6.92 Å². The van der Waals surface area contributed by atoms with E-state index in [1.165, 1.54) is 0 Å². The van der Waals surface area contributed by atoms with Crippen molar-refractivity contribution in [1.29, 1.82) is 0 Å². The Morgan fingerprint density at radius 2 is 2.00 bits per heavy atom. The van der Waals surface area contributed by atoms with E-state index in [0.29, 0.717) is 0 Å². The highest BCUT2D eigenvalue weighted by atomic mass is 16.5. The van der Waals surface area contributed by atoms with Gasteiger partial charge >= 0.3 is 5.97 Å². The molecule has 0 aromatic heterocycles. The maximum atomic E-state index is 12.1. The fourth-order valence-electron chi connectivity index (χ4n) is 3.51. The highest BCUT2D eigenvalue weighted by molar-refractivity contribution is 6.39. The lowest BCUT2D eigenvalue weighted by atomic mass is 9.79. The molecule has 3 atom stereocenters. The van der Waals surface area contributed by atoms with Crippen molar-refractivity contribution in [3.8, 4) is 0 Å². The molecule has 0 amide bonds. The minimum Gasteiger partial charge on any atom is -0.460 e. The Hall–Kier alpha value is -1.19. The molecule has 2 rings (SSSR count). The van der Waals surface area contributed by atoms with Crippen LogP contribution in [-0.4, -0.2) is 24.1 Å². The van der Waals surface area contributed by atoms with Gasteiger partial charge < -0.3 is 4.74 Å². The molecule has 0 aromatic rings. The topological polar surface area (TPSA) is 60.4 Å². The summed E-state index contributed by atoms with van der Waals surface area (Å²) in [4.78, 5) is 35.5. The predicted molar refractivity (Wildman–Crippen MR) is 60.1 cm³/mol. The minimum atomic E-state index is -0.853. The Labute approximate surface area is 101 Å². The predicted octanol–water partition coefficient (Wildman–Crippen LogP) is 1.37. The first-order chi connectivity index (χ1) is 7.91. The Bertz CT molecular complexity index is 383. The van der Waals surface area contributed by atoms with Gasteiger partial charge in [0.05, 0.1) is 12.5 Å². The summed E-state index contributed by atoms with van der Waals surface area (Å²) in [5.74, 6) is -2.34. The number of Topliss-reactive ketones (excluding diaryl/α,β-unsaturated/α-hetero) is 2. The van der Waals surface area contributed by atoms with Crippen LogP contribution in [0.3, 0.4) is 0 Å². The molecule has 2 bridgehead atoms. The molecule has 0 saturated heterocycles. The van der Waals surface area contributed by atoms with Crippen LogP contribution >= 0.6 is 0 Å². The lowest BCUT2D eigenvalue weighted by molar-refractivity contribution is -0.157. The molecule has 17 heavy (non-hydrogen) atoms. The molecule has 0 aromatic carbocycles. The molecule has 0 aliphatic heterocycles. The average molecular weight is 238 g/mol. The molecule has 4 heteroatoms. The summed E-state index contributed by atoms with van der Waals surface area (Å²) in [5, 5.41) is 0. The highest BCUT2D eigenvalue weighted by Gasteiger charge is 2.61. The second kappa shape index (κ2) is 3.93. The van der Waals surface area contributed by atoms with E-state index in [2.05, 4.69) is 0 Å². The quantitative estimate of drug-likeness (QED) is 0.423. The largest absolute Gasteiger partial charge is 0.460 e. The Morgan fingerprint density at radius 1 is 1.35 bits per heavy atom. The van der Waals surface area contributed by atoms with Gasteiger partial charge in [-0.1, -0.05) is 13.8 Å². The van der Waals surface area contributed by atoms with Crippen molar-refractivity contribution in [2.24, 2.45) is 23.2 Å². The zero-order valence-corrected chi connectivity index (χ0v) is 10.5. The lowest BCUT2D eigenvalue weighted by Gasteiger charge is -2.24. The maximum Gasteiger partial charge on any atom is 0.375 e. The molecule has 2 aliphatic carbocycles. The number of esters is 1. The van der Waals surface area contributed by atoms with Crippen molar-refractivity contribution in [1.82, 2.24) is 0 Å². The van der Waals surface area contributed by atoms with E-state index in [4.69, 9.17) is 4.74 Å². The van der Waals surface area contributed by atoms with Crippen LogP contribution in [0.5, 0.6) is 0 Å². The molecule has 3 unspecified atom stereocenters. The number of ether oxygens (including phenoxy) is 1. The van der Waals surface area contributed by atoms with Gasteiger partial charge in [-0.15, -0.1) is 0 Å².